The third-order valence-corrected chi connectivity index (χ3v) is 3.90. The van der Waals surface area contributed by atoms with Crippen molar-refractivity contribution in [1.82, 2.24) is 4.90 Å². The zero-order chi connectivity index (χ0) is 14.8. The summed E-state index contributed by atoms with van der Waals surface area (Å²) in [6, 6.07) is 4.40. The molecule has 0 fully saturated rings. The van der Waals surface area contributed by atoms with Crippen molar-refractivity contribution in [3.63, 3.8) is 0 Å². The SMILES string of the molecule is CCN(C(=O)c1cc(S(N)(=O)=O)ccc1C)C(C)C. The molecule has 106 valence electrons. The predicted molar refractivity (Wildman–Crippen MR) is 74.4 cm³/mol. The van der Waals surface area contributed by atoms with E-state index in [9.17, 15) is 13.2 Å². The Balaban J connectivity index is 3.30. The first-order chi connectivity index (χ1) is 8.68. The number of carbonyl (C=O) groups excluding carboxylic acids is 1. The lowest BCUT2D eigenvalue weighted by atomic mass is 10.1. The summed E-state index contributed by atoms with van der Waals surface area (Å²) in [6.07, 6.45) is 0. The molecule has 1 aromatic rings. The van der Waals surface area contributed by atoms with Crippen molar-refractivity contribution in [2.75, 3.05) is 6.54 Å². The van der Waals surface area contributed by atoms with Crippen LogP contribution in [-0.2, 0) is 10.0 Å². The van der Waals surface area contributed by atoms with Gasteiger partial charge in [0, 0.05) is 18.2 Å². The van der Waals surface area contributed by atoms with Crippen LogP contribution in [0.4, 0.5) is 0 Å². The van der Waals surface area contributed by atoms with E-state index in [0.717, 1.165) is 5.56 Å². The second kappa shape index (κ2) is 5.71. The summed E-state index contributed by atoms with van der Waals surface area (Å²) in [7, 11) is -3.80. The number of carbonyl (C=O) groups is 1. The molecule has 0 aromatic heterocycles. The summed E-state index contributed by atoms with van der Waals surface area (Å²) >= 11 is 0. The van der Waals surface area contributed by atoms with Crippen LogP contribution in [0.1, 0.15) is 36.7 Å². The lowest BCUT2D eigenvalue weighted by Gasteiger charge is -2.26. The van der Waals surface area contributed by atoms with Gasteiger partial charge < -0.3 is 4.90 Å². The Morgan fingerprint density at radius 3 is 2.37 bits per heavy atom. The van der Waals surface area contributed by atoms with Crippen LogP contribution in [0.2, 0.25) is 0 Å². The minimum atomic E-state index is -3.80. The van der Waals surface area contributed by atoms with E-state index >= 15 is 0 Å². The molecule has 1 rings (SSSR count). The average Bonchev–Trinajstić information content (AvgIpc) is 2.28. The van der Waals surface area contributed by atoms with Gasteiger partial charge in [-0.25, -0.2) is 13.6 Å². The number of hydrogen-bond acceptors (Lipinski definition) is 3. The third-order valence-electron chi connectivity index (χ3n) is 2.99. The standard InChI is InChI=1S/C13H20N2O3S/c1-5-15(9(2)3)13(16)12-8-11(19(14,17)18)7-6-10(12)4/h6-9H,5H2,1-4H3,(H2,14,17,18). The van der Waals surface area contributed by atoms with Gasteiger partial charge in [0.2, 0.25) is 10.0 Å². The van der Waals surface area contributed by atoms with Gasteiger partial charge in [0.05, 0.1) is 4.90 Å². The van der Waals surface area contributed by atoms with E-state index in [1.165, 1.54) is 12.1 Å². The first-order valence-electron chi connectivity index (χ1n) is 6.13. The van der Waals surface area contributed by atoms with Crippen LogP contribution in [-0.4, -0.2) is 31.8 Å². The van der Waals surface area contributed by atoms with Gasteiger partial charge in [-0.1, -0.05) is 6.07 Å². The summed E-state index contributed by atoms with van der Waals surface area (Å²) in [5.74, 6) is -0.180. The molecule has 0 heterocycles. The van der Waals surface area contributed by atoms with Crippen LogP contribution in [0.5, 0.6) is 0 Å². The molecule has 5 nitrogen and oxygen atoms in total. The molecule has 2 N–H and O–H groups in total. The molecule has 0 saturated heterocycles. The molecule has 0 spiro atoms. The molecular weight excluding hydrogens is 264 g/mol. The second-order valence-corrected chi connectivity index (χ2v) is 6.27. The molecule has 0 aliphatic carbocycles. The van der Waals surface area contributed by atoms with Gasteiger partial charge in [-0.2, -0.15) is 0 Å². The van der Waals surface area contributed by atoms with Crippen molar-refractivity contribution in [2.24, 2.45) is 5.14 Å². The Kier molecular flexibility index (Phi) is 4.70. The monoisotopic (exact) mass is 284 g/mol. The summed E-state index contributed by atoms with van der Waals surface area (Å²) < 4.78 is 22.7. The molecule has 1 aromatic carbocycles. The van der Waals surface area contributed by atoms with Crippen molar-refractivity contribution in [3.8, 4) is 0 Å². The zero-order valence-electron chi connectivity index (χ0n) is 11.7. The van der Waals surface area contributed by atoms with Crippen LogP contribution >= 0.6 is 0 Å². The van der Waals surface area contributed by atoms with Crippen molar-refractivity contribution in [1.29, 1.82) is 0 Å². The highest BCUT2D eigenvalue weighted by molar-refractivity contribution is 7.89. The maximum absolute atomic E-state index is 12.4. The Morgan fingerprint density at radius 2 is 1.95 bits per heavy atom. The largest absolute Gasteiger partial charge is 0.336 e. The Morgan fingerprint density at radius 1 is 1.37 bits per heavy atom. The fourth-order valence-corrected chi connectivity index (χ4v) is 2.45. The van der Waals surface area contributed by atoms with Crippen molar-refractivity contribution in [2.45, 2.75) is 38.6 Å². The van der Waals surface area contributed by atoms with Gasteiger partial charge in [0.15, 0.2) is 0 Å². The molecule has 0 aliphatic rings. The van der Waals surface area contributed by atoms with Crippen molar-refractivity contribution in [3.05, 3.63) is 29.3 Å². The molecule has 0 bridgehead atoms. The highest BCUT2D eigenvalue weighted by atomic mass is 32.2. The van der Waals surface area contributed by atoms with Crippen molar-refractivity contribution < 1.29 is 13.2 Å². The molecule has 0 saturated carbocycles. The first kappa shape index (κ1) is 15.7. The van der Waals surface area contributed by atoms with Crippen LogP contribution in [0.15, 0.2) is 23.1 Å². The average molecular weight is 284 g/mol. The predicted octanol–water partition coefficient (Wildman–Crippen LogP) is 1.51. The number of nitrogens with zero attached hydrogens (tertiary/aromatic N) is 1. The van der Waals surface area contributed by atoms with E-state index in [-0.39, 0.29) is 16.8 Å². The maximum Gasteiger partial charge on any atom is 0.254 e. The summed E-state index contributed by atoms with van der Waals surface area (Å²) in [6.45, 7) is 8.06. The fourth-order valence-electron chi connectivity index (χ4n) is 1.91. The molecule has 0 unspecified atom stereocenters. The highest BCUT2D eigenvalue weighted by Gasteiger charge is 2.20. The van der Waals surface area contributed by atoms with Crippen LogP contribution in [0, 0.1) is 6.92 Å². The van der Waals surface area contributed by atoms with Crippen LogP contribution < -0.4 is 5.14 Å². The second-order valence-electron chi connectivity index (χ2n) is 4.71. The molecule has 0 aliphatic heterocycles. The lowest BCUT2D eigenvalue weighted by molar-refractivity contribution is 0.0716. The number of aryl methyl sites for hydroxylation is 1. The minimum absolute atomic E-state index is 0.0405. The third kappa shape index (κ3) is 3.54. The van der Waals surface area contributed by atoms with Gasteiger partial charge in [-0.3, -0.25) is 4.79 Å². The smallest absolute Gasteiger partial charge is 0.254 e. The minimum Gasteiger partial charge on any atom is -0.336 e. The summed E-state index contributed by atoms with van der Waals surface area (Å²) in [5, 5.41) is 5.09. The normalized spacial score (nSPS) is 11.7. The molecule has 0 atom stereocenters. The number of primary sulfonamides is 1. The van der Waals surface area contributed by atoms with Gasteiger partial charge in [-0.05, 0) is 45.4 Å². The van der Waals surface area contributed by atoms with E-state index in [4.69, 9.17) is 5.14 Å². The lowest BCUT2D eigenvalue weighted by Crippen LogP contribution is -2.37. The van der Waals surface area contributed by atoms with Gasteiger partial charge >= 0.3 is 0 Å². The molecule has 6 heteroatoms. The molecule has 1 amide bonds. The quantitative estimate of drug-likeness (QED) is 0.910. The highest BCUT2D eigenvalue weighted by Crippen LogP contribution is 2.17. The van der Waals surface area contributed by atoms with Crippen LogP contribution in [0.25, 0.3) is 0 Å². The Labute approximate surface area is 114 Å². The van der Waals surface area contributed by atoms with Gasteiger partial charge in [-0.15, -0.1) is 0 Å². The molecule has 0 radical (unpaired) electrons. The van der Waals surface area contributed by atoms with E-state index in [1.54, 1.807) is 17.9 Å². The summed E-state index contributed by atoms with van der Waals surface area (Å²) in [5.41, 5.74) is 1.11. The van der Waals surface area contributed by atoms with E-state index < -0.39 is 10.0 Å². The Bertz CT molecular complexity index is 580. The fraction of sp³-hybridized carbons (Fsp3) is 0.462. The van der Waals surface area contributed by atoms with Gasteiger partial charge in [0.25, 0.3) is 5.91 Å². The van der Waals surface area contributed by atoms with E-state index in [1.807, 2.05) is 20.8 Å². The molecular formula is C13H20N2O3S. The number of sulfonamides is 1. The van der Waals surface area contributed by atoms with E-state index in [0.29, 0.717) is 12.1 Å². The number of nitrogens with two attached hydrogens (primary N) is 1. The van der Waals surface area contributed by atoms with Crippen molar-refractivity contribution >= 4 is 15.9 Å². The zero-order valence-corrected chi connectivity index (χ0v) is 12.5. The maximum atomic E-state index is 12.4. The number of benzene rings is 1. The number of rotatable bonds is 4. The topological polar surface area (TPSA) is 80.5 Å². The number of hydrogen-bond donors (Lipinski definition) is 1. The van der Waals surface area contributed by atoms with Crippen LogP contribution in [0.3, 0.4) is 0 Å². The first-order valence-corrected chi connectivity index (χ1v) is 7.67. The number of amides is 1. The van der Waals surface area contributed by atoms with Gasteiger partial charge in [0.1, 0.15) is 0 Å². The molecule has 19 heavy (non-hydrogen) atoms. The summed E-state index contributed by atoms with van der Waals surface area (Å²) in [4.78, 5) is 14.0. The van der Waals surface area contributed by atoms with E-state index in [2.05, 4.69) is 0 Å². The Hall–Kier alpha value is -1.40.